The van der Waals surface area contributed by atoms with Crippen molar-refractivity contribution < 1.29 is 0 Å². The predicted molar refractivity (Wildman–Crippen MR) is 114 cm³/mol. The van der Waals surface area contributed by atoms with Crippen molar-refractivity contribution in [2.75, 3.05) is 0 Å². The Morgan fingerprint density at radius 1 is 0.538 bits per heavy atom. The molecule has 0 saturated carbocycles. The van der Waals surface area contributed by atoms with Crippen LogP contribution < -0.4 is 0 Å². The first-order chi connectivity index (χ1) is 12.9. The second kappa shape index (κ2) is 8.04. The molecular formula is C22H16N2S2. The maximum absolute atomic E-state index is 4.68. The molecule has 2 aromatic carbocycles. The third-order valence-electron chi connectivity index (χ3n) is 3.74. The highest BCUT2D eigenvalue weighted by Gasteiger charge is 2.06. The highest BCUT2D eigenvalue weighted by Crippen LogP contribution is 2.25. The number of rotatable bonds is 5. The minimum atomic E-state index is 0.929. The summed E-state index contributed by atoms with van der Waals surface area (Å²) in [5.74, 6) is 0. The number of thiazole rings is 2. The molecule has 0 spiro atoms. The van der Waals surface area contributed by atoms with Crippen molar-refractivity contribution in [3.63, 3.8) is 0 Å². The largest absolute Gasteiger partial charge is 0.235 e. The van der Waals surface area contributed by atoms with Gasteiger partial charge in [-0.25, -0.2) is 9.97 Å². The van der Waals surface area contributed by atoms with Crippen molar-refractivity contribution in [3.05, 3.63) is 92.6 Å². The maximum atomic E-state index is 4.68. The van der Waals surface area contributed by atoms with Gasteiger partial charge in [-0.1, -0.05) is 72.8 Å². The molecule has 0 bridgehead atoms. The fourth-order valence-corrected chi connectivity index (χ4v) is 3.83. The molecule has 0 aliphatic rings. The fraction of sp³-hybridized carbons (Fsp3) is 0. The summed E-state index contributed by atoms with van der Waals surface area (Å²) in [5, 5.41) is 6.09. The zero-order valence-corrected chi connectivity index (χ0v) is 15.6. The lowest BCUT2D eigenvalue weighted by atomic mass is 10.2. The molecule has 2 aromatic heterocycles. The van der Waals surface area contributed by atoms with E-state index in [0.717, 1.165) is 21.4 Å². The monoisotopic (exact) mass is 372 g/mol. The van der Waals surface area contributed by atoms with E-state index >= 15 is 0 Å². The van der Waals surface area contributed by atoms with Crippen LogP contribution in [0.5, 0.6) is 0 Å². The van der Waals surface area contributed by atoms with Gasteiger partial charge >= 0.3 is 0 Å². The first kappa shape index (κ1) is 16.6. The van der Waals surface area contributed by atoms with Crippen LogP contribution in [0.3, 0.4) is 0 Å². The van der Waals surface area contributed by atoms with Crippen molar-refractivity contribution >= 4 is 47.0 Å². The molecule has 0 fully saturated rings. The summed E-state index contributed by atoms with van der Waals surface area (Å²) in [4.78, 5) is 9.36. The molecule has 2 heterocycles. The van der Waals surface area contributed by atoms with Gasteiger partial charge in [0, 0.05) is 10.8 Å². The molecule has 0 radical (unpaired) electrons. The second-order valence-corrected chi connectivity index (χ2v) is 7.41. The van der Waals surface area contributed by atoms with E-state index in [1.54, 1.807) is 22.7 Å². The summed E-state index contributed by atoms with van der Waals surface area (Å²) in [7, 11) is 0. The van der Waals surface area contributed by atoms with Gasteiger partial charge < -0.3 is 0 Å². The van der Waals surface area contributed by atoms with Crippen molar-refractivity contribution in [2.45, 2.75) is 0 Å². The Bertz CT molecular complexity index is 942. The SMILES string of the molecule is C(=C\c1nc(-c2csc(/C=C/c3ccccc3)n2)cs1)/c1ccccc1. The van der Waals surface area contributed by atoms with Gasteiger partial charge in [-0.2, -0.15) is 0 Å². The Labute approximate surface area is 160 Å². The molecule has 26 heavy (non-hydrogen) atoms. The predicted octanol–water partition coefficient (Wildman–Crippen LogP) is 6.61. The molecule has 0 amide bonds. The molecule has 0 aliphatic heterocycles. The van der Waals surface area contributed by atoms with Crippen LogP contribution in [-0.4, -0.2) is 9.97 Å². The first-order valence-corrected chi connectivity index (χ1v) is 10.0. The van der Waals surface area contributed by atoms with Crippen molar-refractivity contribution in [3.8, 4) is 11.4 Å². The van der Waals surface area contributed by atoms with Gasteiger partial charge in [-0.3, -0.25) is 0 Å². The van der Waals surface area contributed by atoms with Gasteiger partial charge in [-0.05, 0) is 23.3 Å². The van der Waals surface area contributed by atoms with Crippen LogP contribution >= 0.6 is 22.7 Å². The molecule has 0 unspecified atom stereocenters. The average molecular weight is 373 g/mol. The Hall–Kier alpha value is -2.82. The van der Waals surface area contributed by atoms with Gasteiger partial charge in [0.1, 0.15) is 21.4 Å². The van der Waals surface area contributed by atoms with E-state index in [0.29, 0.717) is 0 Å². The molecule has 0 atom stereocenters. The normalized spacial score (nSPS) is 11.5. The average Bonchev–Trinajstić information content (AvgIpc) is 3.36. The lowest BCUT2D eigenvalue weighted by Gasteiger charge is -1.90. The van der Waals surface area contributed by atoms with Gasteiger partial charge in [-0.15, -0.1) is 22.7 Å². The number of hydrogen-bond acceptors (Lipinski definition) is 4. The molecule has 4 rings (SSSR count). The summed E-state index contributed by atoms with van der Waals surface area (Å²) < 4.78 is 0. The highest BCUT2D eigenvalue weighted by molar-refractivity contribution is 7.11. The fourth-order valence-electron chi connectivity index (χ4n) is 2.43. The highest BCUT2D eigenvalue weighted by atomic mass is 32.1. The smallest absolute Gasteiger partial charge is 0.116 e. The van der Waals surface area contributed by atoms with E-state index in [1.165, 1.54) is 11.1 Å². The third-order valence-corrected chi connectivity index (χ3v) is 5.36. The number of hydrogen-bond donors (Lipinski definition) is 0. The maximum Gasteiger partial charge on any atom is 0.116 e. The molecule has 4 aromatic rings. The van der Waals surface area contributed by atoms with Crippen molar-refractivity contribution in [1.82, 2.24) is 9.97 Å². The number of benzene rings is 2. The van der Waals surface area contributed by atoms with Crippen molar-refractivity contribution in [2.24, 2.45) is 0 Å². The van der Waals surface area contributed by atoms with Gasteiger partial charge in [0.05, 0.1) is 0 Å². The van der Waals surface area contributed by atoms with Gasteiger partial charge in [0.15, 0.2) is 0 Å². The lowest BCUT2D eigenvalue weighted by Crippen LogP contribution is -1.79. The zero-order valence-electron chi connectivity index (χ0n) is 13.9. The van der Waals surface area contributed by atoms with Crippen LogP contribution in [0.4, 0.5) is 0 Å². The molecule has 2 nitrogen and oxygen atoms in total. The van der Waals surface area contributed by atoms with Crippen LogP contribution in [-0.2, 0) is 0 Å². The van der Waals surface area contributed by atoms with E-state index < -0.39 is 0 Å². The summed E-state index contributed by atoms with van der Waals surface area (Å²) in [6, 6.07) is 20.5. The lowest BCUT2D eigenvalue weighted by molar-refractivity contribution is 1.31. The third kappa shape index (κ3) is 4.23. The molecule has 4 heteroatoms. The topological polar surface area (TPSA) is 25.8 Å². The molecule has 126 valence electrons. The van der Waals surface area contributed by atoms with Crippen LogP contribution in [0, 0.1) is 0 Å². The minimum Gasteiger partial charge on any atom is -0.235 e. The van der Waals surface area contributed by atoms with Crippen LogP contribution in [0.15, 0.2) is 71.4 Å². The van der Waals surface area contributed by atoms with Gasteiger partial charge in [0.2, 0.25) is 0 Å². The molecule has 0 N–H and O–H groups in total. The minimum absolute atomic E-state index is 0.929. The quantitative estimate of drug-likeness (QED) is 0.394. The van der Waals surface area contributed by atoms with Crippen LogP contribution in [0.25, 0.3) is 35.7 Å². The van der Waals surface area contributed by atoms with Crippen LogP contribution in [0.1, 0.15) is 21.1 Å². The van der Waals surface area contributed by atoms with Gasteiger partial charge in [0.25, 0.3) is 0 Å². The Morgan fingerprint density at radius 3 is 1.38 bits per heavy atom. The molecule has 0 aliphatic carbocycles. The van der Waals surface area contributed by atoms with E-state index in [9.17, 15) is 0 Å². The standard InChI is InChI=1S/C22H16N2S2/c1-3-7-17(8-4-1)11-13-21-23-19(15-25-21)20-16-26-22(24-20)14-12-18-9-5-2-6-10-18/h1-16H/b13-11+,14-12+. The Morgan fingerprint density at radius 2 is 0.962 bits per heavy atom. The number of nitrogens with zero attached hydrogens (tertiary/aromatic N) is 2. The summed E-state index contributed by atoms with van der Waals surface area (Å²) in [6.07, 6.45) is 8.26. The Balaban J connectivity index is 1.47. The second-order valence-electron chi connectivity index (χ2n) is 5.63. The molecule has 0 saturated heterocycles. The van der Waals surface area contributed by atoms with E-state index in [4.69, 9.17) is 0 Å². The van der Waals surface area contributed by atoms with Crippen molar-refractivity contribution in [1.29, 1.82) is 0 Å². The zero-order chi connectivity index (χ0) is 17.6. The summed E-state index contributed by atoms with van der Waals surface area (Å²) in [5.41, 5.74) is 4.20. The van der Waals surface area contributed by atoms with E-state index in [1.807, 2.05) is 48.6 Å². The molecular weight excluding hydrogens is 356 g/mol. The summed E-state index contributed by atoms with van der Waals surface area (Å²) in [6.45, 7) is 0. The summed E-state index contributed by atoms with van der Waals surface area (Å²) >= 11 is 3.26. The first-order valence-electron chi connectivity index (χ1n) is 8.24. The Kier molecular flexibility index (Phi) is 5.14. The number of aromatic nitrogens is 2. The van der Waals surface area contributed by atoms with Crippen LogP contribution in [0.2, 0.25) is 0 Å². The van der Waals surface area contributed by atoms with E-state index in [2.05, 4.69) is 57.1 Å². The van der Waals surface area contributed by atoms with E-state index in [-0.39, 0.29) is 0 Å².